The van der Waals surface area contributed by atoms with Crippen LogP contribution in [0, 0.1) is 0 Å². The van der Waals surface area contributed by atoms with Crippen molar-refractivity contribution in [3.63, 3.8) is 0 Å². The van der Waals surface area contributed by atoms with Crippen molar-refractivity contribution in [1.29, 1.82) is 0 Å². The molecule has 0 saturated heterocycles. The van der Waals surface area contributed by atoms with E-state index in [1.165, 1.54) is 23.9 Å². The van der Waals surface area contributed by atoms with Crippen LogP contribution in [-0.4, -0.2) is 32.8 Å². The van der Waals surface area contributed by atoms with Gasteiger partial charge in [-0.05, 0) is 36.2 Å². The van der Waals surface area contributed by atoms with Crippen LogP contribution in [0.3, 0.4) is 0 Å². The number of carbonyl (C=O) groups is 1. The van der Waals surface area contributed by atoms with E-state index in [2.05, 4.69) is 10.1 Å². The monoisotopic (exact) mass is 521 g/mol. The standard InChI is InChI=1S/C24H22F3N3O3S2/c1-15-13-19-21(35-15)22(32)30(12-11-16-5-3-2-4-6-16)23(29-19)34-14-20(31)28-17-7-9-18(10-8-17)33-24(25,26)27/h2-10,15H,11-14H2,1H3,(H,28,31)/t15-/m1/s1. The molecule has 2 aromatic carbocycles. The molecule has 1 N–H and O–H groups in total. The minimum Gasteiger partial charge on any atom is -0.406 e. The molecular formula is C24H22F3N3O3S2. The fourth-order valence-electron chi connectivity index (χ4n) is 3.59. The van der Waals surface area contributed by atoms with Crippen LogP contribution in [0.15, 0.2) is 69.4 Å². The summed E-state index contributed by atoms with van der Waals surface area (Å²) in [6, 6.07) is 14.7. The number of rotatable bonds is 8. The van der Waals surface area contributed by atoms with Gasteiger partial charge in [0.25, 0.3) is 5.56 Å². The number of amides is 1. The molecule has 0 aliphatic carbocycles. The Labute approximate surface area is 208 Å². The van der Waals surface area contributed by atoms with Gasteiger partial charge >= 0.3 is 6.36 Å². The Kier molecular flexibility index (Phi) is 7.75. The smallest absolute Gasteiger partial charge is 0.406 e. The van der Waals surface area contributed by atoms with E-state index in [9.17, 15) is 22.8 Å². The number of fused-ring (bicyclic) bond motifs is 1. The second-order valence-corrected chi connectivity index (χ2v) is 10.3. The zero-order chi connectivity index (χ0) is 25.0. The lowest BCUT2D eigenvalue weighted by atomic mass is 10.1. The van der Waals surface area contributed by atoms with Crippen molar-refractivity contribution in [2.75, 3.05) is 11.1 Å². The molecule has 0 fully saturated rings. The van der Waals surface area contributed by atoms with E-state index in [4.69, 9.17) is 4.98 Å². The molecule has 184 valence electrons. The SMILES string of the molecule is C[C@@H]1Cc2nc(SCC(=O)Nc3ccc(OC(F)(F)F)cc3)n(CCc3ccccc3)c(=O)c2S1. The number of anilines is 1. The number of benzene rings is 2. The van der Waals surface area contributed by atoms with E-state index < -0.39 is 6.36 Å². The van der Waals surface area contributed by atoms with E-state index in [0.29, 0.717) is 35.1 Å². The number of aryl methyl sites for hydroxylation is 1. The lowest BCUT2D eigenvalue weighted by Gasteiger charge is -2.14. The van der Waals surface area contributed by atoms with Crippen LogP contribution in [0.2, 0.25) is 0 Å². The number of hydrogen-bond acceptors (Lipinski definition) is 6. The average Bonchev–Trinajstić information content (AvgIpc) is 3.19. The normalized spacial score (nSPS) is 15.0. The van der Waals surface area contributed by atoms with Crippen molar-refractivity contribution < 1.29 is 22.7 Å². The first-order valence-electron chi connectivity index (χ1n) is 10.8. The number of hydrogen-bond donors (Lipinski definition) is 1. The molecule has 0 bridgehead atoms. The van der Waals surface area contributed by atoms with Gasteiger partial charge in [0.15, 0.2) is 5.16 Å². The number of carbonyl (C=O) groups excluding carboxylic acids is 1. The van der Waals surface area contributed by atoms with Crippen molar-refractivity contribution in [1.82, 2.24) is 9.55 Å². The lowest BCUT2D eigenvalue weighted by molar-refractivity contribution is -0.274. The fourth-order valence-corrected chi connectivity index (χ4v) is 5.55. The number of nitrogens with one attached hydrogen (secondary N) is 1. The first-order valence-corrected chi connectivity index (χ1v) is 12.7. The molecule has 0 unspecified atom stereocenters. The highest BCUT2D eigenvalue weighted by molar-refractivity contribution is 8.00. The maximum atomic E-state index is 13.2. The van der Waals surface area contributed by atoms with Gasteiger partial charge in [0, 0.05) is 23.9 Å². The summed E-state index contributed by atoms with van der Waals surface area (Å²) in [5.41, 5.74) is 2.08. The molecule has 3 aromatic rings. The largest absolute Gasteiger partial charge is 0.573 e. The first-order chi connectivity index (χ1) is 16.7. The van der Waals surface area contributed by atoms with Crippen LogP contribution in [0.1, 0.15) is 18.2 Å². The molecule has 1 amide bonds. The minimum absolute atomic E-state index is 0.0138. The molecule has 0 radical (unpaired) electrons. The molecule has 1 atom stereocenters. The Morgan fingerprint density at radius 1 is 1.20 bits per heavy atom. The summed E-state index contributed by atoms with van der Waals surface area (Å²) in [5.74, 6) is -0.756. The van der Waals surface area contributed by atoms with Crippen molar-refractivity contribution in [2.24, 2.45) is 0 Å². The molecule has 4 rings (SSSR count). The zero-order valence-corrected chi connectivity index (χ0v) is 20.3. The highest BCUT2D eigenvalue weighted by Gasteiger charge is 2.31. The van der Waals surface area contributed by atoms with Crippen molar-refractivity contribution >= 4 is 35.1 Å². The summed E-state index contributed by atoms with van der Waals surface area (Å²) < 4.78 is 42.4. The van der Waals surface area contributed by atoms with E-state index in [1.54, 1.807) is 4.57 Å². The summed E-state index contributed by atoms with van der Waals surface area (Å²) >= 11 is 2.69. The lowest BCUT2D eigenvalue weighted by Crippen LogP contribution is -2.27. The third-order valence-corrected chi connectivity index (χ3v) is 7.33. The van der Waals surface area contributed by atoms with Crippen LogP contribution in [0.4, 0.5) is 18.9 Å². The topological polar surface area (TPSA) is 73.2 Å². The summed E-state index contributed by atoms with van der Waals surface area (Å²) in [6.45, 7) is 2.48. The molecular weight excluding hydrogens is 499 g/mol. The molecule has 0 saturated carbocycles. The van der Waals surface area contributed by atoms with Gasteiger partial charge in [-0.15, -0.1) is 24.9 Å². The molecule has 2 heterocycles. The number of aromatic nitrogens is 2. The second kappa shape index (κ2) is 10.8. The molecule has 1 aromatic heterocycles. The summed E-state index contributed by atoms with van der Waals surface area (Å²) in [4.78, 5) is 31.1. The maximum Gasteiger partial charge on any atom is 0.573 e. The first kappa shape index (κ1) is 25.2. The molecule has 1 aliphatic heterocycles. The van der Waals surface area contributed by atoms with E-state index >= 15 is 0 Å². The molecule has 35 heavy (non-hydrogen) atoms. The van der Waals surface area contributed by atoms with Gasteiger partial charge in [-0.1, -0.05) is 49.0 Å². The molecule has 0 spiro atoms. The number of thioether (sulfide) groups is 2. The van der Waals surface area contributed by atoms with E-state index in [0.717, 1.165) is 35.2 Å². The Bertz CT molecular complexity index is 1250. The van der Waals surface area contributed by atoms with Crippen molar-refractivity contribution in [3.05, 3.63) is 76.2 Å². The summed E-state index contributed by atoms with van der Waals surface area (Å²) in [5, 5.41) is 3.38. The van der Waals surface area contributed by atoms with Gasteiger partial charge in [-0.25, -0.2) is 4.98 Å². The van der Waals surface area contributed by atoms with Crippen LogP contribution < -0.4 is 15.6 Å². The number of halogens is 3. The van der Waals surface area contributed by atoms with Gasteiger partial charge in [0.2, 0.25) is 5.91 Å². The number of nitrogens with zero attached hydrogens (tertiary/aromatic N) is 2. The molecule has 11 heteroatoms. The van der Waals surface area contributed by atoms with Gasteiger partial charge in [-0.3, -0.25) is 14.2 Å². The van der Waals surface area contributed by atoms with Gasteiger partial charge in [0.1, 0.15) is 5.75 Å². The average molecular weight is 522 g/mol. The third-order valence-electron chi connectivity index (χ3n) is 5.13. The highest BCUT2D eigenvalue weighted by Crippen LogP contribution is 2.34. The van der Waals surface area contributed by atoms with Crippen LogP contribution >= 0.6 is 23.5 Å². The van der Waals surface area contributed by atoms with Gasteiger partial charge in [0.05, 0.1) is 16.3 Å². The second-order valence-electron chi connectivity index (χ2n) is 7.90. The number of alkyl halides is 3. The maximum absolute atomic E-state index is 13.2. The Morgan fingerprint density at radius 3 is 2.60 bits per heavy atom. The minimum atomic E-state index is -4.78. The van der Waals surface area contributed by atoms with Gasteiger partial charge < -0.3 is 10.1 Å². The Balaban J connectivity index is 1.45. The van der Waals surface area contributed by atoms with E-state index in [-0.39, 0.29) is 28.2 Å². The molecule has 6 nitrogen and oxygen atoms in total. The Hall–Kier alpha value is -2.92. The number of ether oxygens (including phenoxy) is 1. The Morgan fingerprint density at radius 2 is 1.91 bits per heavy atom. The zero-order valence-electron chi connectivity index (χ0n) is 18.7. The quantitative estimate of drug-likeness (QED) is 0.327. The van der Waals surface area contributed by atoms with Crippen LogP contribution in [-0.2, 0) is 24.2 Å². The fraction of sp³-hybridized carbons (Fsp3) is 0.292. The van der Waals surface area contributed by atoms with Gasteiger partial charge in [-0.2, -0.15) is 0 Å². The predicted molar refractivity (Wildman–Crippen MR) is 130 cm³/mol. The molecule has 1 aliphatic rings. The predicted octanol–water partition coefficient (Wildman–Crippen LogP) is 5.15. The van der Waals surface area contributed by atoms with Crippen molar-refractivity contribution in [3.8, 4) is 5.75 Å². The van der Waals surface area contributed by atoms with Crippen molar-refractivity contribution in [2.45, 2.75) is 48.0 Å². The highest BCUT2D eigenvalue weighted by atomic mass is 32.2. The summed E-state index contributed by atoms with van der Waals surface area (Å²) in [7, 11) is 0. The van der Waals surface area contributed by atoms with E-state index in [1.807, 2.05) is 37.3 Å². The van der Waals surface area contributed by atoms with Crippen LogP contribution in [0.25, 0.3) is 0 Å². The summed E-state index contributed by atoms with van der Waals surface area (Å²) in [6.07, 6.45) is -3.44. The third kappa shape index (κ3) is 6.82. The van der Waals surface area contributed by atoms with Crippen LogP contribution in [0.5, 0.6) is 5.75 Å².